The van der Waals surface area contributed by atoms with Crippen LogP contribution in [0.3, 0.4) is 0 Å². The highest BCUT2D eigenvalue weighted by Crippen LogP contribution is 2.35. The standard InChI is InChI=1S/C14H15FN4O3/c1-22-11-3-2-7(4-10(11)15)9-6-19-12(17-14(16)18-19)5-8(9)13(20)21/h2-4,8-9H,5-6H2,1H3,(H2,16,18)(H,20,21). The number of methoxy groups -OCH3 is 1. The molecule has 0 bridgehead atoms. The first-order valence-electron chi connectivity index (χ1n) is 6.75. The molecule has 0 saturated heterocycles. The van der Waals surface area contributed by atoms with E-state index in [1.807, 2.05) is 0 Å². The molecule has 0 amide bonds. The van der Waals surface area contributed by atoms with E-state index in [0.717, 1.165) is 0 Å². The average Bonchev–Trinajstić information content (AvgIpc) is 2.84. The number of ether oxygens (including phenoxy) is 1. The van der Waals surface area contributed by atoms with Gasteiger partial charge in [0.15, 0.2) is 11.6 Å². The second-order valence-electron chi connectivity index (χ2n) is 5.22. The summed E-state index contributed by atoms with van der Waals surface area (Å²) < 4.78 is 20.4. The van der Waals surface area contributed by atoms with Crippen LogP contribution in [-0.4, -0.2) is 33.0 Å². The lowest BCUT2D eigenvalue weighted by atomic mass is 9.81. The lowest BCUT2D eigenvalue weighted by Crippen LogP contribution is -2.33. The summed E-state index contributed by atoms with van der Waals surface area (Å²) in [5.41, 5.74) is 6.15. The van der Waals surface area contributed by atoms with Gasteiger partial charge in [-0.2, -0.15) is 4.98 Å². The molecule has 22 heavy (non-hydrogen) atoms. The molecule has 0 radical (unpaired) electrons. The number of nitrogens with two attached hydrogens (primary N) is 1. The first-order chi connectivity index (χ1) is 10.5. The van der Waals surface area contributed by atoms with Crippen LogP contribution >= 0.6 is 0 Å². The molecule has 1 aromatic carbocycles. The third-order valence-corrected chi connectivity index (χ3v) is 3.94. The fourth-order valence-corrected chi connectivity index (χ4v) is 2.85. The number of aromatic nitrogens is 3. The number of carboxylic acid groups (broad SMARTS) is 1. The van der Waals surface area contributed by atoms with Crippen molar-refractivity contribution >= 4 is 11.9 Å². The predicted octanol–water partition coefficient (Wildman–Crippen LogP) is 1.05. The van der Waals surface area contributed by atoms with Crippen molar-refractivity contribution in [2.75, 3.05) is 12.8 Å². The second kappa shape index (κ2) is 5.28. The topological polar surface area (TPSA) is 103 Å². The van der Waals surface area contributed by atoms with Crippen LogP contribution in [0.1, 0.15) is 17.3 Å². The minimum Gasteiger partial charge on any atom is -0.494 e. The summed E-state index contributed by atoms with van der Waals surface area (Å²) in [4.78, 5) is 15.6. The predicted molar refractivity (Wildman–Crippen MR) is 75.0 cm³/mol. The van der Waals surface area contributed by atoms with E-state index < -0.39 is 23.6 Å². The van der Waals surface area contributed by atoms with Gasteiger partial charge in [-0.25, -0.2) is 9.07 Å². The summed E-state index contributed by atoms with van der Waals surface area (Å²) in [6, 6.07) is 4.48. The molecule has 3 N–H and O–H groups in total. The number of nitrogens with zero attached hydrogens (tertiary/aromatic N) is 3. The molecule has 1 aromatic heterocycles. The zero-order chi connectivity index (χ0) is 15.9. The normalized spacial score (nSPS) is 20.5. The monoisotopic (exact) mass is 306 g/mol. The third-order valence-electron chi connectivity index (χ3n) is 3.94. The van der Waals surface area contributed by atoms with Crippen LogP contribution < -0.4 is 10.5 Å². The third kappa shape index (κ3) is 2.36. The lowest BCUT2D eigenvalue weighted by Gasteiger charge is -2.29. The van der Waals surface area contributed by atoms with Crippen molar-refractivity contribution in [2.45, 2.75) is 18.9 Å². The van der Waals surface area contributed by atoms with Gasteiger partial charge in [-0.05, 0) is 17.7 Å². The Morgan fingerprint density at radius 1 is 1.55 bits per heavy atom. The number of nitrogen functional groups attached to an aromatic ring is 1. The Balaban J connectivity index is 2.00. The average molecular weight is 306 g/mol. The Labute approximate surface area is 125 Å². The maximum atomic E-state index is 13.9. The second-order valence-corrected chi connectivity index (χ2v) is 5.22. The van der Waals surface area contributed by atoms with Gasteiger partial charge in [0.2, 0.25) is 5.95 Å². The summed E-state index contributed by atoms with van der Waals surface area (Å²) in [6.07, 6.45) is 0.206. The minimum absolute atomic E-state index is 0.112. The van der Waals surface area contributed by atoms with E-state index in [0.29, 0.717) is 17.9 Å². The molecule has 2 aromatic rings. The molecule has 0 aliphatic carbocycles. The number of hydrogen-bond donors (Lipinski definition) is 2. The smallest absolute Gasteiger partial charge is 0.307 e. The Hall–Kier alpha value is -2.64. The van der Waals surface area contributed by atoms with E-state index in [-0.39, 0.29) is 18.1 Å². The van der Waals surface area contributed by atoms with Gasteiger partial charge in [0.25, 0.3) is 0 Å². The summed E-state index contributed by atoms with van der Waals surface area (Å²) in [7, 11) is 1.38. The van der Waals surface area contributed by atoms with Gasteiger partial charge < -0.3 is 15.6 Å². The van der Waals surface area contributed by atoms with Gasteiger partial charge in [-0.1, -0.05) is 6.07 Å². The first kappa shape index (κ1) is 14.3. The van der Waals surface area contributed by atoms with E-state index in [1.165, 1.54) is 19.2 Å². The van der Waals surface area contributed by atoms with Crippen molar-refractivity contribution < 1.29 is 19.0 Å². The highest BCUT2D eigenvalue weighted by atomic mass is 19.1. The van der Waals surface area contributed by atoms with E-state index in [2.05, 4.69) is 10.1 Å². The van der Waals surface area contributed by atoms with E-state index in [4.69, 9.17) is 10.5 Å². The molecule has 1 aliphatic heterocycles. The van der Waals surface area contributed by atoms with Crippen LogP contribution in [0.4, 0.5) is 10.3 Å². The fourth-order valence-electron chi connectivity index (χ4n) is 2.85. The van der Waals surface area contributed by atoms with Crippen LogP contribution in [0.25, 0.3) is 0 Å². The quantitative estimate of drug-likeness (QED) is 0.878. The van der Waals surface area contributed by atoms with E-state index >= 15 is 0 Å². The van der Waals surface area contributed by atoms with Crippen LogP contribution in [-0.2, 0) is 17.8 Å². The number of carbonyl (C=O) groups is 1. The van der Waals surface area contributed by atoms with Gasteiger partial charge in [-0.3, -0.25) is 4.79 Å². The molecule has 116 valence electrons. The molecule has 2 atom stereocenters. The zero-order valence-corrected chi connectivity index (χ0v) is 11.9. The van der Waals surface area contributed by atoms with Crippen LogP contribution in [0.5, 0.6) is 5.75 Å². The Kier molecular flexibility index (Phi) is 3.44. The number of benzene rings is 1. The van der Waals surface area contributed by atoms with Gasteiger partial charge in [0.1, 0.15) is 5.82 Å². The van der Waals surface area contributed by atoms with Gasteiger partial charge >= 0.3 is 5.97 Å². The van der Waals surface area contributed by atoms with Gasteiger partial charge in [0.05, 0.1) is 19.6 Å². The van der Waals surface area contributed by atoms with Crippen molar-refractivity contribution in [3.8, 4) is 5.75 Å². The SMILES string of the molecule is COc1ccc(C2Cn3nc(N)nc3CC2C(=O)O)cc1F. The van der Waals surface area contributed by atoms with E-state index in [9.17, 15) is 14.3 Å². The molecule has 7 nitrogen and oxygen atoms in total. The van der Waals surface area contributed by atoms with Crippen molar-refractivity contribution in [1.29, 1.82) is 0 Å². The molecule has 0 fully saturated rings. The van der Waals surface area contributed by atoms with Crippen molar-refractivity contribution in [1.82, 2.24) is 14.8 Å². The first-order valence-corrected chi connectivity index (χ1v) is 6.75. The molecule has 0 saturated carbocycles. The number of carboxylic acids is 1. The molecular weight excluding hydrogens is 291 g/mol. The number of anilines is 1. The summed E-state index contributed by atoms with van der Waals surface area (Å²) in [5, 5.41) is 13.5. The molecule has 1 aliphatic rings. The van der Waals surface area contributed by atoms with Crippen LogP contribution in [0, 0.1) is 11.7 Å². The fraction of sp³-hybridized carbons (Fsp3) is 0.357. The summed E-state index contributed by atoms with van der Waals surface area (Å²) in [5.74, 6) is -1.81. The van der Waals surface area contributed by atoms with Gasteiger partial charge in [0, 0.05) is 12.3 Å². The number of hydrogen-bond acceptors (Lipinski definition) is 5. The van der Waals surface area contributed by atoms with Crippen LogP contribution in [0.15, 0.2) is 18.2 Å². The van der Waals surface area contributed by atoms with E-state index in [1.54, 1.807) is 10.7 Å². The largest absolute Gasteiger partial charge is 0.494 e. The molecule has 2 heterocycles. The zero-order valence-electron chi connectivity index (χ0n) is 11.9. The number of fused-ring (bicyclic) bond motifs is 1. The molecule has 2 unspecified atom stereocenters. The van der Waals surface area contributed by atoms with Crippen molar-refractivity contribution in [3.63, 3.8) is 0 Å². The maximum absolute atomic E-state index is 13.9. The lowest BCUT2D eigenvalue weighted by molar-refractivity contribution is -0.143. The highest BCUT2D eigenvalue weighted by Gasteiger charge is 2.36. The van der Waals surface area contributed by atoms with Gasteiger partial charge in [-0.15, -0.1) is 5.10 Å². The number of aliphatic carboxylic acids is 1. The molecule has 3 rings (SSSR count). The van der Waals surface area contributed by atoms with Crippen molar-refractivity contribution in [3.05, 3.63) is 35.4 Å². The highest BCUT2D eigenvalue weighted by molar-refractivity contribution is 5.72. The molecule has 8 heteroatoms. The molecule has 0 spiro atoms. The summed E-state index contributed by atoms with van der Waals surface area (Å²) in [6.45, 7) is 0.294. The Morgan fingerprint density at radius 3 is 2.95 bits per heavy atom. The van der Waals surface area contributed by atoms with Crippen LogP contribution in [0.2, 0.25) is 0 Å². The molecular formula is C14H15FN4O3. The summed E-state index contributed by atoms with van der Waals surface area (Å²) >= 11 is 0. The Bertz CT molecular complexity index is 731. The number of halogens is 1. The number of rotatable bonds is 3. The van der Waals surface area contributed by atoms with Crippen molar-refractivity contribution in [2.24, 2.45) is 5.92 Å². The Morgan fingerprint density at radius 2 is 2.32 bits per heavy atom. The minimum atomic E-state index is -0.950. The maximum Gasteiger partial charge on any atom is 0.307 e.